The lowest BCUT2D eigenvalue weighted by atomic mass is 10.00. The Labute approximate surface area is 328 Å². The number of hydrogen-bond acceptors (Lipinski definition) is 5. The molecule has 0 aliphatic carbocycles. The second-order valence-corrected chi connectivity index (χ2v) is 15.7. The zero-order chi connectivity index (χ0) is 38.9. The molecule has 0 rings (SSSR count). The highest BCUT2D eigenvalue weighted by atomic mass is 16.3. The summed E-state index contributed by atoms with van der Waals surface area (Å²) in [5.41, 5.74) is 0. The van der Waals surface area contributed by atoms with Gasteiger partial charge in [0.1, 0.15) is 12.2 Å². The van der Waals surface area contributed by atoms with Crippen LogP contribution < -0.4 is 5.32 Å². The lowest BCUT2D eigenvalue weighted by Crippen LogP contribution is -2.53. The van der Waals surface area contributed by atoms with Crippen LogP contribution in [0.3, 0.4) is 0 Å². The van der Waals surface area contributed by atoms with E-state index in [-0.39, 0.29) is 0 Å². The van der Waals surface area contributed by atoms with Gasteiger partial charge in [-0.05, 0) is 71.1 Å². The summed E-state index contributed by atoms with van der Waals surface area (Å²) in [6.07, 6.45) is 49.5. The van der Waals surface area contributed by atoms with Crippen LogP contribution in [0.5, 0.6) is 0 Å². The number of nitrogens with one attached hydrogen (secondary N) is 1. The van der Waals surface area contributed by atoms with Crippen LogP contribution >= 0.6 is 0 Å². The van der Waals surface area contributed by atoms with Gasteiger partial charge in [-0.25, -0.2) is 0 Å². The van der Waals surface area contributed by atoms with E-state index in [0.717, 1.165) is 38.5 Å². The highest BCUT2D eigenvalue weighted by Crippen LogP contribution is 2.16. The first-order valence-electron chi connectivity index (χ1n) is 22.8. The monoisotopic (exact) mass is 748 g/mol. The third-order valence-corrected chi connectivity index (χ3v) is 10.6. The fourth-order valence-corrected chi connectivity index (χ4v) is 7.01. The lowest BCUT2D eigenvalue weighted by Gasteiger charge is -2.27. The summed E-state index contributed by atoms with van der Waals surface area (Å²) in [7, 11) is 0. The Kier molecular flexibility index (Phi) is 40.5. The SMILES string of the molecule is C/C=C/CC/C=C/CCCC(O)C(O)C(CO)NC(=O)C(O)CCCCCCCCCCCCCCC/C=C\CCCCCCCCCCCCCC. The molecule has 0 saturated heterocycles. The van der Waals surface area contributed by atoms with Gasteiger partial charge in [0.05, 0.1) is 18.8 Å². The number of hydrogen-bond donors (Lipinski definition) is 5. The zero-order valence-corrected chi connectivity index (χ0v) is 35.0. The minimum absolute atomic E-state index is 0.360. The molecule has 0 aliphatic heterocycles. The Morgan fingerprint density at radius 3 is 1.30 bits per heavy atom. The first-order valence-corrected chi connectivity index (χ1v) is 22.8. The van der Waals surface area contributed by atoms with Gasteiger partial charge in [0.25, 0.3) is 0 Å². The number of unbranched alkanes of at least 4 members (excludes halogenated alkanes) is 27. The molecule has 312 valence electrons. The largest absolute Gasteiger partial charge is 0.394 e. The molecule has 6 nitrogen and oxygen atoms in total. The average molecular weight is 748 g/mol. The van der Waals surface area contributed by atoms with Gasteiger partial charge in [-0.15, -0.1) is 0 Å². The Hall–Kier alpha value is -1.47. The maximum absolute atomic E-state index is 12.5. The van der Waals surface area contributed by atoms with Crippen LogP contribution in [0.25, 0.3) is 0 Å². The van der Waals surface area contributed by atoms with Crippen LogP contribution in [0.1, 0.15) is 226 Å². The fourth-order valence-electron chi connectivity index (χ4n) is 7.01. The lowest BCUT2D eigenvalue weighted by molar-refractivity contribution is -0.132. The van der Waals surface area contributed by atoms with Crippen molar-refractivity contribution in [3.05, 3.63) is 36.5 Å². The van der Waals surface area contributed by atoms with E-state index in [9.17, 15) is 25.2 Å². The number of rotatable bonds is 41. The van der Waals surface area contributed by atoms with E-state index >= 15 is 0 Å². The molecule has 53 heavy (non-hydrogen) atoms. The van der Waals surface area contributed by atoms with Gasteiger partial charge in [-0.2, -0.15) is 0 Å². The predicted molar refractivity (Wildman–Crippen MR) is 228 cm³/mol. The highest BCUT2D eigenvalue weighted by Gasteiger charge is 2.28. The van der Waals surface area contributed by atoms with Gasteiger partial charge < -0.3 is 25.7 Å². The molecule has 4 unspecified atom stereocenters. The van der Waals surface area contributed by atoms with E-state index in [0.29, 0.717) is 19.3 Å². The molecule has 0 spiro atoms. The van der Waals surface area contributed by atoms with Crippen molar-refractivity contribution in [3.63, 3.8) is 0 Å². The van der Waals surface area contributed by atoms with Crippen LogP contribution in [0.2, 0.25) is 0 Å². The van der Waals surface area contributed by atoms with Crippen molar-refractivity contribution in [1.82, 2.24) is 5.32 Å². The van der Waals surface area contributed by atoms with Crippen molar-refractivity contribution in [1.29, 1.82) is 0 Å². The molecule has 4 atom stereocenters. The van der Waals surface area contributed by atoms with Crippen molar-refractivity contribution < 1.29 is 25.2 Å². The van der Waals surface area contributed by atoms with Crippen molar-refractivity contribution in [2.75, 3.05) is 6.61 Å². The summed E-state index contributed by atoms with van der Waals surface area (Å²) in [4.78, 5) is 12.5. The fraction of sp³-hybridized carbons (Fsp3) is 0.851. The number of aliphatic hydroxyl groups is 4. The summed E-state index contributed by atoms with van der Waals surface area (Å²) in [6, 6.07) is -1.01. The number of carbonyl (C=O) groups excluding carboxylic acids is 1. The van der Waals surface area contributed by atoms with Gasteiger partial charge in [0.15, 0.2) is 0 Å². The molecule has 0 saturated carbocycles. The molecule has 0 fully saturated rings. The summed E-state index contributed by atoms with van der Waals surface area (Å²) < 4.78 is 0. The van der Waals surface area contributed by atoms with Gasteiger partial charge in [-0.1, -0.05) is 191 Å². The van der Waals surface area contributed by atoms with Crippen molar-refractivity contribution >= 4 is 5.91 Å². The van der Waals surface area contributed by atoms with Crippen LogP contribution in [-0.2, 0) is 4.79 Å². The minimum Gasteiger partial charge on any atom is -0.394 e. The van der Waals surface area contributed by atoms with E-state index < -0.39 is 36.9 Å². The van der Waals surface area contributed by atoms with Crippen LogP contribution in [-0.4, -0.2) is 57.3 Å². The zero-order valence-electron chi connectivity index (χ0n) is 35.0. The Bertz CT molecular complexity index is 843. The first kappa shape index (κ1) is 51.5. The molecule has 0 aromatic heterocycles. The summed E-state index contributed by atoms with van der Waals surface area (Å²) in [6.45, 7) is 3.79. The van der Waals surface area contributed by atoms with Crippen LogP contribution in [0.15, 0.2) is 36.5 Å². The first-order chi connectivity index (χ1) is 26.0. The quantitative estimate of drug-likeness (QED) is 0.0316. The third kappa shape index (κ3) is 36.0. The summed E-state index contributed by atoms with van der Waals surface area (Å²) >= 11 is 0. The number of allylic oxidation sites excluding steroid dienone is 6. The number of amides is 1. The van der Waals surface area contributed by atoms with Gasteiger partial charge in [0.2, 0.25) is 5.91 Å². The molecule has 0 radical (unpaired) electrons. The Balaban J connectivity index is 3.57. The Morgan fingerprint density at radius 2 is 0.868 bits per heavy atom. The Morgan fingerprint density at radius 1 is 0.491 bits per heavy atom. The van der Waals surface area contributed by atoms with Gasteiger partial charge in [-0.3, -0.25) is 4.79 Å². The smallest absolute Gasteiger partial charge is 0.249 e. The standard InChI is InChI=1S/C47H89NO5/c1-3-5-7-9-11-13-14-15-16-17-18-19-20-21-22-23-24-25-26-27-28-29-30-31-32-33-35-37-39-41-45(51)47(53)48-43(42-49)46(52)44(50)40-38-36-34-12-10-8-6-4-2/h4,6,12,21-22,34,43-46,49-52H,3,5,7-11,13-20,23-33,35-42H2,1-2H3,(H,48,53)/b6-4+,22-21-,34-12+. The molecule has 0 aromatic carbocycles. The van der Waals surface area contributed by atoms with Crippen LogP contribution in [0, 0.1) is 0 Å². The average Bonchev–Trinajstić information content (AvgIpc) is 3.16. The van der Waals surface area contributed by atoms with Gasteiger partial charge in [0, 0.05) is 0 Å². The van der Waals surface area contributed by atoms with E-state index in [1.165, 1.54) is 154 Å². The maximum Gasteiger partial charge on any atom is 0.249 e. The van der Waals surface area contributed by atoms with E-state index in [4.69, 9.17) is 0 Å². The molecular formula is C47H89NO5. The number of carbonyl (C=O) groups is 1. The van der Waals surface area contributed by atoms with Crippen molar-refractivity contribution in [2.45, 2.75) is 250 Å². The topological polar surface area (TPSA) is 110 Å². The van der Waals surface area contributed by atoms with Crippen LogP contribution in [0.4, 0.5) is 0 Å². The minimum atomic E-state index is -1.29. The summed E-state index contributed by atoms with van der Waals surface area (Å²) in [5.74, 6) is -0.601. The molecule has 5 N–H and O–H groups in total. The highest BCUT2D eigenvalue weighted by molar-refractivity contribution is 5.80. The second kappa shape index (κ2) is 41.7. The summed E-state index contributed by atoms with van der Waals surface area (Å²) in [5, 5.41) is 43.3. The van der Waals surface area contributed by atoms with Crippen molar-refractivity contribution in [2.24, 2.45) is 0 Å². The molecule has 0 aliphatic rings. The van der Waals surface area contributed by atoms with E-state index in [1.54, 1.807) is 0 Å². The molecule has 0 heterocycles. The predicted octanol–water partition coefficient (Wildman–Crippen LogP) is 12.1. The van der Waals surface area contributed by atoms with E-state index in [1.807, 2.05) is 13.0 Å². The normalized spacial score (nSPS) is 14.5. The maximum atomic E-state index is 12.5. The second-order valence-electron chi connectivity index (χ2n) is 15.7. The van der Waals surface area contributed by atoms with Gasteiger partial charge >= 0.3 is 0 Å². The molecular weight excluding hydrogens is 659 g/mol. The molecule has 0 aromatic rings. The third-order valence-electron chi connectivity index (χ3n) is 10.6. The molecule has 0 bridgehead atoms. The van der Waals surface area contributed by atoms with Crippen molar-refractivity contribution in [3.8, 4) is 0 Å². The van der Waals surface area contributed by atoms with E-state index in [2.05, 4.69) is 42.6 Å². The number of aliphatic hydroxyl groups excluding tert-OH is 4. The molecule has 6 heteroatoms. The molecule has 1 amide bonds.